The number of nitrogens with zero attached hydrogens (tertiary/aromatic N) is 1. The molecule has 1 heterocycles. The van der Waals surface area contributed by atoms with Crippen molar-refractivity contribution in [2.75, 3.05) is 6.54 Å². The molecule has 122 valence electrons. The van der Waals surface area contributed by atoms with Crippen LogP contribution >= 0.6 is 0 Å². The maximum atomic E-state index is 14.0. The number of hydrogen-bond acceptors (Lipinski definition) is 3. The van der Waals surface area contributed by atoms with E-state index in [0.29, 0.717) is 4.90 Å². The Hall–Kier alpha value is -2.51. The Labute approximate surface area is 130 Å². The molecular formula is C15H15F2N3O3. The zero-order valence-electron chi connectivity index (χ0n) is 12.4. The summed E-state index contributed by atoms with van der Waals surface area (Å²) in [7, 11) is 0. The number of amides is 4. The number of urea groups is 1. The molecule has 0 bridgehead atoms. The van der Waals surface area contributed by atoms with Crippen molar-refractivity contribution in [2.24, 2.45) is 0 Å². The highest BCUT2D eigenvalue weighted by Crippen LogP contribution is 2.32. The molecule has 1 aromatic rings. The van der Waals surface area contributed by atoms with E-state index in [-0.39, 0.29) is 6.04 Å². The molecule has 4 amide bonds. The highest BCUT2D eigenvalue weighted by molar-refractivity contribution is 6.09. The quantitative estimate of drug-likeness (QED) is 0.812. The van der Waals surface area contributed by atoms with E-state index >= 15 is 0 Å². The summed E-state index contributed by atoms with van der Waals surface area (Å²) in [6.07, 6.45) is 1.73. The van der Waals surface area contributed by atoms with Crippen molar-refractivity contribution in [3.05, 3.63) is 35.4 Å². The molecule has 1 aliphatic carbocycles. The molecule has 2 N–H and O–H groups in total. The van der Waals surface area contributed by atoms with Crippen molar-refractivity contribution < 1.29 is 23.2 Å². The predicted molar refractivity (Wildman–Crippen MR) is 75.1 cm³/mol. The molecule has 1 aromatic carbocycles. The summed E-state index contributed by atoms with van der Waals surface area (Å²) in [4.78, 5) is 37.0. The minimum atomic E-state index is -1.88. The third-order valence-electron chi connectivity index (χ3n) is 3.98. The number of carbonyl (C=O) groups excluding carboxylic acids is 3. The van der Waals surface area contributed by atoms with Crippen LogP contribution in [0, 0.1) is 11.6 Å². The average Bonchev–Trinajstić information content (AvgIpc) is 3.23. The van der Waals surface area contributed by atoms with Gasteiger partial charge >= 0.3 is 6.03 Å². The van der Waals surface area contributed by atoms with E-state index in [2.05, 4.69) is 10.6 Å². The lowest BCUT2D eigenvalue weighted by Crippen LogP contribution is -2.44. The zero-order chi connectivity index (χ0) is 16.8. The highest BCUT2D eigenvalue weighted by atomic mass is 19.1. The normalized spacial score (nSPS) is 23.9. The van der Waals surface area contributed by atoms with Gasteiger partial charge in [-0.25, -0.2) is 13.6 Å². The van der Waals surface area contributed by atoms with Gasteiger partial charge in [0.1, 0.15) is 23.7 Å². The Bertz CT molecular complexity index is 685. The molecule has 2 aliphatic rings. The van der Waals surface area contributed by atoms with Crippen molar-refractivity contribution in [3.8, 4) is 0 Å². The first-order chi connectivity index (χ1) is 10.8. The second-order valence-corrected chi connectivity index (χ2v) is 5.88. The largest absolute Gasteiger partial charge is 0.352 e. The standard InChI is InChI=1S/C15H15F2N3O3/c1-15(12-9(16)3-2-4-10(12)17)13(22)20(14(23)19-15)7-11(21)18-8-5-6-8/h2-4,8H,5-7H2,1H3,(H,18,21)(H,19,23). The van der Waals surface area contributed by atoms with Crippen molar-refractivity contribution >= 4 is 17.8 Å². The zero-order valence-corrected chi connectivity index (χ0v) is 12.4. The summed E-state index contributed by atoms with van der Waals surface area (Å²) in [6.45, 7) is 0.736. The average molecular weight is 323 g/mol. The number of imide groups is 1. The third kappa shape index (κ3) is 2.64. The van der Waals surface area contributed by atoms with Crippen LogP contribution in [0.1, 0.15) is 25.3 Å². The van der Waals surface area contributed by atoms with Crippen LogP contribution < -0.4 is 10.6 Å². The van der Waals surface area contributed by atoms with Crippen molar-refractivity contribution in [3.63, 3.8) is 0 Å². The molecule has 1 aliphatic heterocycles. The molecular weight excluding hydrogens is 308 g/mol. The second kappa shape index (κ2) is 5.29. The summed E-state index contributed by atoms with van der Waals surface area (Å²) in [5, 5.41) is 4.93. The van der Waals surface area contributed by atoms with Crippen LogP contribution in [-0.4, -0.2) is 35.3 Å². The van der Waals surface area contributed by atoms with Crippen LogP contribution in [0.4, 0.5) is 13.6 Å². The summed E-state index contributed by atoms with van der Waals surface area (Å²) in [5.41, 5.74) is -2.42. The molecule has 0 aromatic heterocycles. The first-order valence-corrected chi connectivity index (χ1v) is 7.21. The molecule has 0 radical (unpaired) electrons. The van der Waals surface area contributed by atoms with Crippen LogP contribution in [0.25, 0.3) is 0 Å². The fraction of sp³-hybridized carbons (Fsp3) is 0.400. The fourth-order valence-electron chi connectivity index (χ4n) is 2.63. The number of rotatable bonds is 4. The van der Waals surface area contributed by atoms with E-state index < -0.39 is 47.1 Å². The third-order valence-corrected chi connectivity index (χ3v) is 3.98. The van der Waals surface area contributed by atoms with Gasteiger partial charge in [-0.2, -0.15) is 0 Å². The van der Waals surface area contributed by atoms with Crippen LogP contribution in [0.5, 0.6) is 0 Å². The molecule has 1 atom stereocenters. The molecule has 8 heteroatoms. The van der Waals surface area contributed by atoms with Gasteiger partial charge in [0.25, 0.3) is 5.91 Å². The minimum absolute atomic E-state index is 0.0821. The minimum Gasteiger partial charge on any atom is -0.352 e. The lowest BCUT2D eigenvalue weighted by Gasteiger charge is -2.23. The van der Waals surface area contributed by atoms with Gasteiger partial charge in [0, 0.05) is 6.04 Å². The number of halogens is 2. The molecule has 1 unspecified atom stereocenters. The van der Waals surface area contributed by atoms with Gasteiger partial charge in [0.05, 0.1) is 5.56 Å². The van der Waals surface area contributed by atoms with Gasteiger partial charge < -0.3 is 10.6 Å². The lowest BCUT2D eigenvalue weighted by molar-refractivity contribution is -0.135. The smallest absolute Gasteiger partial charge is 0.325 e. The predicted octanol–water partition coefficient (Wildman–Crippen LogP) is 1.01. The van der Waals surface area contributed by atoms with Crippen LogP contribution in [0.15, 0.2) is 18.2 Å². The maximum absolute atomic E-state index is 14.0. The summed E-state index contributed by atoms with van der Waals surface area (Å²) in [6, 6.07) is 2.40. The van der Waals surface area contributed by atoms with Gasteiger partial charge in [-0.3, -0.25) is 14.5 Å². The van der Waals surface area contributed by atoms with Crippen molar-refractivity contribution in [2.45, 2.75) is 31.3 Å². The molecule has 1 saturated heterocycles. The molecule has 1 saturated carbocycles. The summed E-state index contributed by atoms with van der Waals surface area (Å²) in [5.74, 6) is -3.22. The number of nitrogens with one attached hydrogen (secondary N) is 2. The monoisotopic (exact) mass is 323 g/mol. The molecule has 2 fully saturated rings. The lowest BCUT2D eigenvalue weighted by atomic mass is 9.91. The number of carbonyl (C=O) groups is 3. The number of benzene rings is 1. The Kier molecular flexibility index (Phi) is 3.54. The molecule has 23 heavy (non-hydrogen) atoms. The highest BCUT2D eigenvalue weighted by Gasteiger charge is 2.52. The Balaban J connectivity index is 1.86. The molecule has 3 rings (SSSR count). The van der Waals surface area contributed by atoms with Gasteiger partial charge in [-0.15, -0.1) is 0 Å². The Morgan fingerprint density at radius 2 is 1.96 bits per heavy atom. The van der Waals surface area contributed by atoms with Crippen molar-refractivity contribution in [1.82, 2.24) is 15.5 Å². The van der Waals surface area contributed by atoms with E-state index in [1.165, 1.54) is 13.0 Å². The van der Waals surface area contributed by atoms with Gasteiger partial charge in [0.15, 0.2) is 0 Å². The van der Waals surface area contributed by atoms with E-state index in [1.807, 2.05) is 0 Å². The van der Waals surface area contributed by atoms with E-state index in [1.54, 1.807) is 0 Å². The summed E-state index contributed by atoms with van der Waals surface area (Å²) >= 11 is 0. The first kappa shape index (κ1) is 15.4. The first-order valence-electron chi connectivity index (χ1n) is 7.21. The second-order valence-electron chi connectivity index (χ2n) is 5.88. The van der Waals surface area contributed by atoms with Gasteiger partial charge in [0.2, 0.25) is 5.91 Å². The van der Waals surface area contributed by atoms with Gasteiger partial charge in [-0.1, -0.05) is 6.07 Å². The molecule has 0 spiro atoms. The van der Waals surface area contributed by atoms with Crippen LogP contribution in [0.2, 0.25) is 0 Å². The maximum Gasteiger partial charge on any atom is 0.325 e. The van der Waals surface area contributed by atoms with Crippen LogP contribution in [-0.2, 0) is 15.1 Å². The Morgan fingerprint density at radius 3 is 2.52 bits per heavy atom. The Morgan fingerprint density at radius 1 is 1.35 bits per heavy atom. The van der Waals surface area contributed by atoms with E-state index in [4.69, 9.17) is 0 Å². The van der Waals surface area contributed by atoms with E-state index in [0.717, 1.165) is 25.0 Å². The molecule has 6 nitrogen and oxygen atoms in total. The fourth-order valence-corrected chi connectivity index (χ4v) is 2.63. The number of hydrogen-bond donors (Lipinski definition) is 2. The van der Waals surface area contributed by atoms with Crippen molar-refractivity contribution in [1.29, 1.82) is 0 Å². The van der Waals surface area contributed by atoms with Gasteiger partial charge in [-0.05, 0) is 31.9 Å². The van der Waals surface area contributed by atoms with Crippen LogP contribution in [0.3, 0.4) is 0 Å². The van der Waals surface area contributed by atoms with E-state index in [9.17, 15) is 23.2 Å². The summed E-state index contributed by atoms with van der Waals surface area (Å²) < 4.78 is 28.0. The topological polar surface area (TPSA) is 78.5 Å². The SMILES string of the molecule is CC1(c2c(F)cccc2F)NC(=O)N(CC(=O)NC2CC2)C1=O.